The molecule has 0 aromatic carbocycles. The van der Waals surface area contributed by atoms with Gasteiger partial charge in [0.1, 0.15) is 43.2 Å². The Kier molecular flexibility index (Phi) is 32.9. The Morgan fingerprint density at radius 1 is 0.529 bits per heavy atom. The molecule has 10 atom stereocenters. The summed E-state index contributed by atoms with van der Waals surface area (Å²) in [4.78, 5) is 54.4. The maximum atomic E-state index is 13.0. The van der Waals surface area contributed by atoms with Crippen molar-refractivity contribution >= 4 is 27.6 Å². The van der Waals surface area contributed by atoms with E-state index in [-0.39, 0.29) is 18.9 Å². The number of aliphatic hydroxyl groups is 4. The number of hydrogen-bond acceptors (Lipinski definition) is 14. The zero-order valence-corrected chi connectivity index (χ0v) is 42.0. The molecule has 7 unspecified atom stereocenters. The normalized spacial score (nSPS) is 24.8. The average Bonchev–Trinajstić information content (AvgIpc) is 4.05. The van der Waals surface area contributed by atoms with Crippen LogP contribution < -0.4 is 0 Å². The molecule has 1 aliphatic carbocycles. The molecular weight excluding hydrogens is 922 g/mol. The molecule has 1 saturated heterocycles. The number of hydrogen-bond donors (Lipinski definition) is 7. The van der Waals surface area contributed by atoms with E-state index < -0.39 is 83.5 Å². The molecule has 2 fully saturated rings. The number of allylic oxidation sites excluding steroid dienone is 10. The molecule has 0 spiro atoms. The topological polar surface area (TPSA) is 269 Å². The van der Waals surface area contributed by atoms with E-state index in [1.165, 1.54) is 38.5 Å². The van der Waals surface area contributed by atoms with Gasteiger partial charge in [-0.25, -0.2) is 9.13 Å². The van der Waals surface area contributed by atoms with Gasteiger partial charge in [0.15, 0.2) is 6.10 Å². The summed E-state index contributed by atoms with van der Waals surface area (Å²) in [5.74, 6) is -1.31. The maximum absolute atomic E-state index is 13.0. The van der Waals surface area contributed by atoms with Crippen molar-refractivity contribution in [3.63, 3.8) is 0 Å². The fraction of sp³-hybridized carbons (Fsp3) is 0.714. The molecule has 1 aliphatic heterocycles. The van der Waals surface area contributed by atoms with Crippen LogP contribution in [-0.4, -0.2) is 115 Å². The number of carbonyl (C=O) groups excluding carboxylic acids is 2. The van der Waals surface area contributed by atoms with Crippen LogP contribution in [0.15, 0.2) is 72.9 Å². The van der Waals surface area contributed by atoms with Crippen LogP contribution >= 0.6 is 15.6 Å². The van der Waals surface area contributed by atoms with Gasteiger partial charge in [-0.15, -0.1) is 0 Å². The molecule has 1 heterocycles. The van der Waals surface area contributed by atoms with E-state index in [2.05, 4.69) is 79.1 Å². The molecule has 2 rings (SSSR count). The number of phosphoric ester groups is 2. The highest BCUT2D eigenvalue weighted by Gasteiger charge is 2.54. The molecule has 19 heteroatoms. The number of unbranched alkanes of at least 4 members (excludes halogenated alkanes) is 11. The lowest BCUT2D eigenvalue weighted by Crippen LogP contribution is -2.64. The van der Waals surface area contributed by atoms with Crippen LogP contribution in [0.4, 0.5) is 0 Å². The van der Waals surface area contributed by atoms with Crippen LogP contribution in [0.2, 0.25) is 0 Å². The summed E-state index contributed by atoms with van der Waals surface area (Å²) in [5, 5.41) is 41.3. The van der Waals surface area contributed by atoms with Gasteiger partial charge in [0.25, 0.3) is 0 Å². The van der Waals surface area contributed by atoms with Gasteiger partial charge >= 0.3 is 27.6 Å². The zero-order chi connectivity index (χ0) is 50.0. The van der Waals surface area contributed by atoms with Crippen molar-refractivity contribution < 1.29 is 81.6 Å². The van der Waals surface area contributed by atoms with Crippen molar-refractivity contribution in [1.82, 2.24) is 0 Å². The molecule has 0 bridgehead atoms. The fourth-order valence-electron chi connectivity index (χ4n) is 7.18. The predicted octanol–water partition coefficient (Wildman–Crippen LogP) is 8.61. The van der Waals surface area contributed by atoms with Crippen LogP contribution in [0.25, 0.3) is 0 Å². The van der Waals surface area contributed by atoms with E-state index in [1.54, 1.807) is 0 Å². The third-order valence-corrected chi connectivity index (χ3v) is 12.7. The molecule has 1 saturated carbocycles. The lowest BCUT2D eigenvalue weighted by molar-refractivity contribution is -0.216. The SMILES string of the molecule is CCCCC/C=C\C/C=C\C/C=C\CCCCCCC(=O)O[C@H](COC(=O)CCC/C=C\C/C=C\CC1OC1C/C=C\CCCCC)COP(=O)(O)O[C@H]1C(O)C(O)C(O)[C@@H](OP(=O)(O)O)C1O. The van der Waals surface area contributed by atoms with Gasteiger partial charge in [-0.3, -0.25) is 23.2 Å². The van der Waals surface area contributed by atoms with Crippen LogP contribution in [0, 0.1) is 0 Å². The maximum Gasteiger partial charge on any atom is 0.472 e. The molecule has 390 valence electrons. The lowest BCUT2D eigenvalue weighted by atomic mass is 9.85. The van der Waals surface area contributed by atoms with Gasteiger partial charge in [0, 0.05) is 12.8 Å². The van der Waals surface area contributed by atoms with E-state index in [4.69, 9.17) is 23.3 Å². The van der Waals surface area contributed by atoms with Gasteiger partial charge in [-0.1, -0.05) is 125 Å². The summed E-state index contributed by atoms with van der Waals surface area (Å²) < 4.78 is 55.1. The first-order valence-corrected chi connectivity index (χ1v) is 27.6. The summed E-state index contributed by atoms with van der Waals surface area (Å²) in [5.41, 5.74) is 0. The quantitative estimate of drug-likeness (QED) is 0.00998. The molecule has 0 radical (unpaired) electrons. The Morgan fingerprint density at radius 3 is 1.54 bits per heavy atom. The van der Waals surface area contributed by atoms with E-state index in [9.17, 15) is 53.8 Å². The fourth-order valence-corrected chi connectivity index (χ4v) is 8.72. The van der Waals surface area contributed by atoms with Crippen molar-refractivity contribution in [3.05, 3.63) is 72.9 Å². The number of carbonyl (C=O) groups is 2. The summed E-state index contributed by atoms with van der Waals surface area (Å²) in [7, 11) is -10.7. The summed E-state index contributed by atoms with van der Waals surface area (Å²) >= 11 is 0. The number of esters is 2. The third-order valence-electron chi connectivity index (χ3n) is 11.2. The number of epoxide rings is 1. The van der Waals surface area contributed by atoms with Crippen molar-refractivity contribution in [2.75, 3.05) is 13.2 Å². The van der Waals surface area contributed by atoms with E-state index >= 15 is 0 Å². The summed E-state index contributed by atoms with van der Waals surface area (Å²) in [6.45, 7) is 2.97. The second kappa shape index (κ2) is 36.3. The van der Waals surface area contributed by atoms with Crippen LogP contribution in [-0.2, 0) is 46.5 Å². The molecule has 0 aromatic heterocycles. The van der Waals surface area contributed by atoms with Gasteiger partial charge in [0.05, 0.1) is 18.8 Å². The Balaban J connectivity index is 1.82. The predicted molar refractivity (Wildman–Crippen MR) is 259 cm³/mol. The molecule has 68 heavy (non-hydrogen) atoms. The smallest absolute Gasteiger partial charge is 0.462 e. The van der Waals surface area contributed by atoms with Crippen LogP contribution in [0.3, 0.4) is 0 Å². The average molecular weight is 1010 g/mol. The molecule has 0 aromatic rings. The first-order chi connectivity index (χ1) is 32.6. The standard InChI is InChI=1S/C49H82O17P2/c1-3-5-7-9-11-12-13-14-15-16-17-18-19-20-23-28-32-36-43(51)63-39(38-62-68(59,60)66-49-46(54)44(52)45(53)48(47(49)55)65-67(56,57)58)37-61-42(50)35-31-27-24-21-22-26-30-34-41-40(64-41)33-29-25-10-8-6-4-2/h11-12,14-15,17-18,21,24-26,29-30,39-41,44-49,52-55H,3-10,13,16,19-20,22-23,27-28,31-38H2,1-2H3,(H,59,60)(H2,56,57,58)/b12-11-,15-14-,18-17-,24-21-,29-25-,30-26-/t39-,40?,41?,44?,45?,46?,47?,48-,49+/m1/s1. The highest BCUT2D eigenvalue weighted by Crippen LogP contribution is 2.49. The van der Waals surface area contributed by atoms with Crippen LogP contribution in [0.5, 0.6) is 0 Å². The highest BCUT2D eigenvalue weighted by molar-refractivity contribution is 7.47. The monoisotopic (exact) mass is 1000 g/mol. The van der Waals surface area contributed by atoms with Gasteiger partial charge < -0.3 is 49.3 Å². The third kappa shape index (κ3) is 29.6. The van der Waals surface area contributed by atoms with Gasteiger partial charge in [-0.2, -0.15) is 0 Å². The molecule has 7 N–H and O–H groups in total. The Labute approximate surface area is 404 Å². The Morgan fingerprint density at radius 2 is 0.985 bits per heavy atom. The van der Waals surface area contributed by atoms with Crippen molar-refractivity contribution in [2.45, 2.75) is 210 Å². The minimum atomic E-state index is -5.38. The molecule has 2 aliphatic rings. The molecular formula is C49H82O17P2. The van der Waals surface area contributed by atoms with E-state index in [1.807, 2.05) is 12.2 Å². The highest BCUT2D eigenvalue weighted by atomic mass is 31.2. The number of rotatable bonds is 39. The molecule has 17 nitrogen and oxygen atoms in total. The number of aliphatic hydroxyl groups excluding tert-OH is 4. The van der Waals surface area contributed by atoms with E-state index in [0.29, 0.717) is 25.4 Å². The van der Waals surface area contributed by atoms with E-state index in [0.717, 1.165) is 70.6 Å². The first-order valence-electron chi connectivity index (χ1n) is 24.6. The summed E-state index contributed by atoms with van der Waals surface area (Å²) in [6, 6.07) is 0. The van der Waals surface area contributed by atoms with Crippen molar-refractivity contribution in [2.24, 2.45) is 0 Å². The van der Waals surface area contributed by atoms with Crippen molar-refractivity contribution in [1.29, 1.82) is 0 Å². The van der Waals surface area contributed by atoms with Gasteiger partial charge in [-0.05, 0) is 89.9 Å². The molecule has 0 amide bonds. The van der Waals surface area contributed by atoms with Crippen LogP contribution in [0.1, 0.15) is 155 Å². The van der Waals surface area contributed by atoms with Crippen molar-refractivity contribution in [3.8, 4) is 0 Å². The second-order valence-corrected chi connectivity index (χ2v) is 19.8. The minimum absolute atomic E-state index is 0.000299. The zero-order valence-electron chi connectivity index (χ0n) is 40.2. The Bertz CT molecular complexity index is 1660. The summed E-state index contributed by atoms with van der Waals surface area (Å²) in [6.07, 6.45) is 30.3. The minimum Gasteiger partial charge on any atom is -0.462 e. The first kappa shape index (κ1) is 61.5. The number of phosphoric acid groups is 2. The number of ether oxygens (including phenoxy) is 3. The Hall–Kier alpha value is -2.60. The largest absolute Gasteiger partial charge is 0.472 e. The lowest BCUT2D eigenvalue weighted by Gasteiger charge is -2.43. The van der Waals surface area contributed by atoms with Gasteiger partial charge in [0.2, 0.25) is 0 Å². The second-order valence-electron chi connectivity index (χ2n) is 17.2.